The quantitative estimate of drug-likeness (QED) is 0.660. The molecule has 1 unspecified atom stereocenters. The van der Waals surface area contributed by atoms with Crippen LogP contribution in [0.25, 0.3) is 0 Å². The van der Waals surface area contributed by atoms with Gasteiger partial charge in [-0.2, -0.15) is 0 Å². The van der Waals surface area contributed by atoms with Crippen LogP contribution >= 0.6 is 0 Å². The fourth-order valence-corrected chi connectivity index (χ4v) is 1.26. The lowest BCUT2D eigenvalue weighted by Gasteiger charge is -2.06. The van der Waals surface area contributed by atoms with Crippen LogP contribution in [0.15, 0.2) is 24.3 Å². The zero-order valence-electron chi connectivity index (χ0n) is 8.39. The first-order valence-corrected chi connectivity index (χ1v) is 4.80. The van der Waals surface area contributed by atoms with Crippen molar-refractivity contribution in [1.82, 2.24) is 0 Å². The third-order valence-electron chi connectivity index (χ3n) is 2.27. The summed E-state index contributed by atoms with van der Waals surface area (Å²) in [6.07, 6.45) is 1.06. The standard InChI is InChI=1S/C11H15NO3/c12-10(11(14)15)6-5-8-1-3-9(7-13)4-2-8/h1-4,10,13H,5-7,12H2,(H,14,15). The average Bonchev–Trinajstić information content (AvgIpc) is 2.26. The van der Waals surface area contributed by atoms with E-state index in [2.05, 4.69) is 0 Å². The third kappa shape index (κ3) is 3.69. The molecule has 1 aromatic carbocycles. The Morgan fingerprint density at radius 1 is 1.27 bits per heavy atom. The number of aliphatic carboxylic acids is 1. The maximum atomic E-state index is 10.5. The highest BCUT2D eigenvalue weighted by Gasteiger charge is 2.10. The molecule has 0 radical (unpaired) electrons. The smallest absolute Gasteiger partial charge is 0.320 e. The first-order chi connectivity index (χ1) is 7.13. The van der Waals surface area contributed by atoms with Gasteiger partial charge in [0.15, 0.2) is 0 Å². The Labute approximate surface area is 88.3 Å². The highest BCUT2D eigenvalue weighted by atomic mass is 16.4. The lowest BCUT2D eigenvalue weighted by Crippen LogP contribution is -2.30. The van der Waals surface area contributed by atoms with Crippen molar-refractivity contribution in [3.8, 4) is 0 Å². The van der Waals surface area contributed by atoms with Crippen LogP contribution in [0, 0.1) is 0 Å². The Kier molecular flexibility index (Phi) is 4.27. The van der Waals surface area contributed by atoms with Crippen molar-refractivity contribution in [1.29, 1.82) is 0 Å². The molecule has 4 N–H and O–H groups in total. The summed E-state index contributed by atoms with van der Waals surface area (Å²) in [6.45, 7) is 0.0227. The van der Waals surface area contributed by atoms with E-state index in [9.17, 15) is 4.79 Å². The molecular formula is C11H15NO3. The molecule has 1 atom stereocenters. The number of carbonyl (C=O) groups is 1. The Morgan fingerprint density at radius 3 is 2.27 bits per heavy atom. The summed E-state index contributed by atoms with van der Waals surface area (Å²) in [5, 5.41) is 17.4. The van der Waals surface area contributed by atoms with Gasteiger partial charge in [-0.1, -0.05) is 24.3 Å². The van der Waals surface area contributed by atoms with Crippen molar-refractivity contribution in [2.75, 3.05) is 0 Å². The topological polar surface area (TPSA) is 83.5 Å². The van der Waals surface area contributed by atoms with Gasteiger partial charge < -0.3 is 15.9 Å². The number of aryl methyl sites for hydroxylation is 1. The van der Waals surface area contributed by atoms with Crippen LogP contribution in [0.4, 0.5) is 0 Å². The van der Waals surface area contributed by atoms with Crippen molar-refractivity contribution in [2.24, 2.45) is 5.73 Å². The SMILES string of the molecule is NC(CCc1ccc(CO)cc1)C(=O)O. The van der Waals surface area contributed by atoms with E-state index in [-0.39, 0.29) is 6.61 Å². The minimum atomic E-state index is -0.970. The average molecular weight is 209 g/mol. The molecule has 0 bridgehead atoms. The van der Waals surface area contributed by atoms with Crippen LogP contribution in [0.2, 0.25) is 0 Å². The second kappa shape index (κ2) is 5.48. The fourth-order valence-electron chi connectivity index (χ4n) is 1.26. The molecule has 0 aliphatic rings. The predicted octanol–water partition coefficient (Wildman–Crippen LogP) is 0.523. The first kappa shape index (κ1) is 11.7. The number of benzene rings is 1. The molecule has 0 saturated carbocycles. The van der Waals surface area contributed by atoms with Crippen LogP contribution in [-0.2, 0) is 17.8 Å². The Balaban J connectivity index is 2.47. The summed E-state index contributed by atoms with van der Waals surface area (Å²) in [6, 6.07) is 6.59. The van der Waals surface area contributed by atoms with E-state index in [1.165, 1.54) is 0 Å². The molecule has 0 aliphatic carbocycles. The van der Waals surface area contributed by atoms with Gasteiger partial charge in [0.05, 0.1) is 6.61 Å². The Morgan fingerprint density at radius 2 is 1.80 bits per heavy atom. The van der Waals surface area contributed by atoms with Crippen LogP contribution in [0.3, 0.4) is 0 Å². The predicted molar refractivity (Wildman–Crippen MR) is 56.3 cm³/mol. The first-order valence-electron chi connectivity index (χ1n) is 4.80. The second-order valence-corrected chi connectivity index (χ2v) is 3.46. The molecule has 1 rings (SSSR count). The van der Waals surface area contributed by atoms with Crippen molar-refractivity contribution in [3.05, 3.63) is 35.4 Å². The van der Waals surface area contributed by atoms with Gasteiger partial charge in [0, 0.05) is 0 Å². The highest BCUT2D eigenvalue weighted by molar-refractivity contribution is 5.73. The minimum absolute atomic E-state index is 0.0227. The Bertz CT molecular complexity index is 321. The van der Waals surface area contributed by atoms with Crippen LogP contribution < -0.4 is 5.73 Å². The van der Waals surface area contributed by atoms with E-state index in [0.717, 1.165) is 11.1 Å². The van der Waals surface area contributed by atoms with Crippen molar-refractivity contribution in [2.45, 2.75) is 25.5 Å². The van der Waals surface area contributed by atoms with Crippen LogP contribution in [-0.4, -0.2) is 22.2 Å². The van der Waals surface area contributed by atoms with Gasteiger partial charge in [-0.25, -0.2) is 0 Å². The number of hydrogen-bond acceptors (Lipinski definition) is 3. The maximum absolute atomic E-state index is 10.5. The van der Waals surface area contributed by atoms with E-state index >= 15 is 0 Å². The molecule has 4 nitrogen and oxygen atoms in total. The van der Waals surface area contributed by atoms with Gasteiger partial charge in [-0.05, 0) is 24.0 Å². The van der Waals surface area contributed by atoms with E-state index in [1.807, 2.05) is 24.3 Å². The molecule has 0 fully saturated rings. The maximum Gasteiger partial charge on any atom is 0.320 e. The van der Waals surface area contributed by atoms with Gasteiger partial charge in [0.1, 0.15) is 6.04 Å². The van der Waals surface area contributed by atoms with Gasteiger partial charge in [0.2, 0.25) is 0 Å². The molecular weight excluding hydrogens is 194 g/mol. The molecule has 4 heteroatoms. The molecule has 1 aromatic rings. The number of carboxylic acids is 1. The molecule has 0 aliphatic heterocycles. The fraction of sp³-hybridized carbons (Fsp3) is 0.364. The molecule has 0 saturated heterocycles. The number of nitrogens with two attached hydrogens (primary N) is 1. The van der Waals surface area contributed by atoms with E-state index in [0.29, 0.717) is 12.8 Å². The monoisotopic (exact) mass is 209 g/mol. The number of aliphatic hydroxyl groups excluding tert-OH is 1. The molecule has 0 amide bonds. The van der Waals surface area contributed by atoms with Gasteiger partial charge >= 0.3 is 5.97 Å². The number of rotatable bonds is 5. The molecule has 0 aromatic heterocycles. The number of carboxylic acid groups (broad SMARTS) is 1. The lowest BCUT2D eigenvalue weighted by molar-refractivity contribution is -0.138. The largest absolute Gasteiger partial charge is 0.480 e. The zero-order valence-corrected chi connectivity index (χ0v) is 8.39. The van der Waals surface area contributed by atoms with Crippen LogP contribution in [0.5, 0.6) is 0 Å². The normalized spacial score (nSPS) is 12.4. The summed E-state index contributed by atoms with van der Waals surface area (Å²) in [5.41, 5.74) is 7.26. The van der Waals surface area contributed by atoms with E-state index < -0.39 is 12.0 Å². The van der Waals surface area contributed by atoms with Crippen molar-refractivity contribution >= 4 is 5.97 Å². The molecule has 15 heavy (non-hydrogen) atoms. The summed E-state index contributed by atoms with van der Waals surface area (Å²) in [4.78, 5) is 10.5. The molecule has 82 valence electrons. The van der Waals surface area contributed by atoms with Crippen LogP contribution in [0.1, 0.15) is 17.5 Å². The summed E-state index contributed by atoms with van der Waals surface area (Å²) >= 11 is 0. The zero-order chi connectivity index (χ0) is 11.3. The summed E-state index contributed by atoms with van der Waals surface area (Å²) < 4.78 is 0. The Hall–Kier alpha value is -1.39. The van der Waals surface area contributed by atoms with Crippen molar-refractivity contribution in [3.63, 3.8) is 0 Å². The number of aliphatic hydroxyl groups is 1. The van der Waals surface area contributed by atoms with Gasteiger partial charge in [0.25, 0.3) is 0 Å². The summed E-state index contributed by atoms with van der Waals surface area (Å²) in [5.74, 6) is -0.970. The summed E-state index contributed by atoms with van der Waals surface area (Å²) in [7, 11) is 0. The third-order valence-corrected chi connectivity index (χ3v) is 2.27. The van der Waals surface area contributed by atoms with E-state index in [1.54, 1.807) is 0 Å². The highest BCUT2D eigenvalue weighted by Crippen LogP contribution is 2.07. The van der Waals surface area contributed by atoms with Crippen molar-refractivity contribution < 1.29 is 15.0 Å². The minimum Gasteiger partial charge on any atom is -0.480 e. The van der Waals surface area contributed by atoms with E-state index in [4.69, 9.17) is 15.9 Å². The van der Waals surface area contributed by atoms with Gasteiger partial charge in [-0.15, -0.1) is 0 Å². The lowest BCUT2D eigenvalue weighted by atomic mass is 10.0. The molecule has 0 spiro atoms. The van der Waals surface area contributed by atoms with Gasteiger partial charge in [-0.3, -0.25) is 4.79 Å². The molecule has 0 heterocycles. The number of hydrogen-bond donors (Lipinski definition) is 3. The second-order valence-electron chi connectivity index (χ2n) is 3.46.